The quantitative estimate of drug-likeness (QED) is 0.853. The summed E-state index contributed by atoms with van der Waals surface area (Å²) in [4.78, 5) is 11.9. The number of rotatable bonds is 3. The van der Waals surface area contributed by atoms with Gasteiger partial charge in [0.05, 0.1) is 0 Å². The highest BCUT2D eigenvalue weighted by Crippen LogP contribution is 2.24. The molecule has 0 atom stereocenters. The first-order chi connectivity index (χ1) is 9.83. The van der Waals surface area contributed by atoms with Gasteiger partial charge in [-0.1, -0.05) is 0 Å². The molecule has 0 bridgehead atoms. The summed E-state index contributed by atoms with van der Waals surface area (Å²) in [7, 11) is 0. The second-order valence-corrected chi connectivity index (χ2v) is 4.15. The predicted molar refractivity (Wildman–Crippen MR) is 71.9 cm³/mol. The van der Waals surface area contributed by atoms with Crippen LogP contribution in [0.1, 0.15) is 10.4 Å². The molecule has 0 radical (unpaired) electrons. The average Bonchev–Trinajstić information content (AvgIpc) is 2.40. The second kappa shape index (κ2) is 5.74. The van der Waals surface area contributed by atoms with Gasteiger partial charge in [0.25, 0.3) is 5.91 Å². The lowest BCUT2D eigenvalue weighted by Crippen LogP contribution is -2.17. The molecule has 0 unspecified atom stereocenters. The SMILES string of the molecule is Nc1ccc(C(=O)Nc2ccc(OC(F)(F)F)cc2)cc1. The van der Waals surface area contributed by atoms with Crippen molar-refractivity contribution in [2.45, 2.75) is 6.36 Å². The molecule has 21 heavy (non-hydrogen) atoms. The van der Waals surface area contributed by atoms with Gasteiger partial charge in [0.1, 0.15) is 5.75 Å². The molecule has 0 spiro atoms. The maximum atomic E-state index is 12.0. The fraction of sp³-hybridized carbons (Fsp3) is 0.0714. The summed E-state index contributed by atoms with van der Waals surface area (Å²) in [6.45, 7) is 0. The number of anilines is 2. The van der Waals surface area contributed by atoms with Crippen LogP contribution in [0.3, 0.4) is 0 Å². The molecule has 110 valence electrons. The topological polar surface area (TPSA) is 64.4 Å². The maximum Gasteiger partial charge on any atom is 0.573 e. The Hall–Kier alpha value is -2.70. The molecule has 0 saturated carbocycles. The monoisotopic (exact) mass is 296 g/mol. The van der Waals surface area contributed by atoms with E-state index in [2.05, 4.69) is 10.1 Å². The van der Waals surface area contributed by atoms with E-state index in [-0.39, 0.29) is 11.7 Å². The van der Waals surface area contributed by atoms with Crippen molar-refractivity contribution < 1.29 is 22.7 Å². The molecule has 7 heteroatoms. The van der Waals surface area contributed by atoms with Gasteiger partial charge < -0.3 is 15.8 Å². The van der Waals surface area contributed by atoms with Crippen LogP contribution in [0, 0.1) is 0 Å². The van der Waals surface area contributed by atoms with E-state index in [1.54, 1.807) is 24.3 Å². The molecule has 1 amide bonds. The van der Waals surface area contributed by atoms with Crippen LogP contribution in [0.2, 0.25) is 0 Å². The number of nitrogens with one attached hydrogen (secondary N) is 1. The molecule has 2 aromatic carbocycles. The number of alkyl halides is 3. The third-order valence-electron chi connectivity index (χ3n) is 2.52. The van der Waals surface area contributed by atoms with Gasteiger partial charge in [0, 0.05) is 16.9 Å². The van der Waals surface area contributed by atoms with E-state index < -0.39 is 6.36 Å². The van der Waals surface area contributed by atoms with Crippen LogP contribution < -0.4 is 15.8 Å². The van der Waals surface area contributed by atoms with Crippen molar-refractivity contribution in [1.29, 1.82) is 0 Å². The number of nitrogens with two attached hydrogens (primary N) is 1. The zero-order chi connectivity index (χ0) is 15.5. The van der Waals surface area contributed by atoms with Crippen molar-refractivity contribution in [3.8, 4) is 5.75 Å². The molecule has 0 aromatic heterocycles. The number of benzene rings is 2. The Kier molecular flexibility index (Phi) is 4.02. The van der Waals surface area contributed by atoms with Crippen LogP contribution in [0.25, 0.3) is 0 Å². The van der Waals surface area contributed by atoms with Gasteiger partial charge in [0.2, 0.25) is 0 Å². The Bertz CT molecular complexity index is 622. The Morgan fingerprint density at radius 1 is 1.00 bits per heavy atom. The Morgan fingerprint density at radius 3 is 2.10 bits per heavy atom. The molecule has 0 fully saturated rings. The fourth-order valence-corrected chi connectivity index (χ4v) is 1.58. The van der Waals surface area contributed by atoms with E-state index >= 15 is 0 Å². The highest BCUT2D eigenvalue weighted by atomic mass is 19.4. The molecule has 2 aromatic rings. The van der Waals surface area contributed by atoms with Crippen LogP contribution in [0.4, 0.5) is 24.5 Å². The number of halogens is 3. The summed E-state index contributed by atoms with van der Waals surface area (Å²) >= 11 is 0. The third kappa shape index (κ3) is 4.41. The standard InChI is InChI=1S/C14H11F3N2O2/c15-14(16,17)21-12-7-5-11(6-8-12)19-13(20)9-1-3-10(18)4-2-9/h1-8H,18H2,(H,19,20). The van der Waals surface area contributed by atoms with Crippen LogP contribution in [-0.2, 0) is 0 Å². The number of hydrogen-bond acceptors (Lipinski definition) is 3. The van der Waals surface area contributed by atoms with Gasteiger partial charge in [0.15, 0.2) is 0 Å². The van der Waals surface area contributed by atoms with E-state index in [4.69, 9.17) is 5.73 Å². The summed E-state index contributed by atoms with van der Waals surface area (Å²) in [5.74, 6) is -0.743. The summed E-state index contributed by atoms with van der Waals surface area (Å²) in [5.41, 5.74) is 6.78. The zero-order valence-electron chi connectivity index (χ0n) is 10.6. The number of carbonyl (C=O) groups excluding carboxylic acids is 1. The summed E-state index contributed by atoms with van der Waals surface area (Å²) < 4.78 is 39.7. The molecule has 0 heterocycles. The minimum atomic E-state index is -4.74. The van der Waals surface area contributed by atoms with Gasteiger partial charge in [-0.05, 0) is 48.5 Å². The smallest absolute Gasteiger partial charge is 0.406 e. The summed E-state index contributed by atoms with van der Waals surface area (Å²) in [6, 6.07) is 11.1. The Balaban J connectivity index is 2.03. The lowest BCUT2D eigenvalue weighted by molar-refractivity contribution is -0.274. The fourth-order valence-electron chi connectivity index (χ4n) is 1.58. The van der Waals surface area contributed by atoms with E-state index in [0.29, 0.717) is 16.9 Å². The third-order valence-corrected chi connectivity index (χ3v) is 2.52. The number of nitrogen functional groups attached to an aromatic ring is 1. The highest BCUT2D eigenvalue weighted by molar-refractivity contribution is 6.04. The van der Waals surface area contributed by atoms with Crippen molar-refractivity contribution in [1.82, 2.24) is 0 Å². The second-order valence-electron chi connectivity index (χ2n) is 4.15. The zero-order valence-corrected chi connectivity index (χ0v) is 10.6. The Morgan fingerprint density at radius 2 is 1.57 bits per heavy atom. The van der Waals surface area contributed by atoms with Gasteiger partial charge >= 0.3 is 6.36 Å². The summed E-state index contributed by atoms with van der Waals surface area (Å²) in [5, 5.41) is 2.55. The van der Waals surface area contributed by atoms with Crippen LogP contribution >= 0.6 is 0 Å². The molecular formula is C14H11F3N2O2. The minimum absolute atomic E-state index is 0.353. The van der Waals surface area contributed by atoms with E-state index in [1.807, 2.05) is 0 Å². The molecule has 3 N–H and O–H groups in total. The predicted octanol–water partition coefficient (Wildman–Crippen LogP) is 3.42. The number of hydrogen-bond donors (Lipinski definition) is 2. The first-order valence-electron chi connectivity index (χ1n) is 5.86. The minimum Gasteiger partial charge on any atom is -0.406 e. The maximum absolute atomic E-state index is 12.0. The normalized spacial score (nSPS) is 11.0. The van der Waals surface area contributed by atoms with Crippen molar-refractivity contribution in [3.05, 3.63) is 54.1 Å². The van der Waals surface area contributed by atoms with Gasteiger partial charge in [-0.15, -0.1) is 13.2 Å². The Labute approximate surface area is 118 Å². The number of carbonyl (C=O) groups is 1. The average molecular weight is 296 g/mol. The van der Waals surface area contributed by atoms with Gasteiger partial charge in [-0.3, -0.25) is 4.79 Å². The number of ether oxygens (including phenoxy) is 1. The van der Waals surface area contributed by atoms with Gasteiger partial charge in [-0.2, -0.15) is 0 Å². The van der Waals surface area contributed by atoms with Crippen molar-refractivity contribution in [2.75, 3.05) is 11.1 Å². The van der Waals surface area contributed by atoms with Crippen molar-refractivity contribution in [3.63, 3.8) is 0 Å². The van der Waals surface area contributed by atoms with Crippen molar-refractivity contribution in [2.24, 2.45) is 0 Å². The van der Waals surface area contributed by atoms with E-state index in [1.165, 1.54) is 12.1 Å². The molecule has 0 aliphatic rings. The first-order valence-corrected chi connectivity index (χ1v) is 5.86. The molecule has 0 saturated heterocycles. The highest BCUT2D eigenvalue weighted by Gasteiger charge is 2.30. The molecule has 0 aliphatic heterocycles. The molecule has 0 aliphatic carbocycles. The van der Waals surface area contributed by atoms with Gasteiger partial charge in [-0.25, -0.2) is 0 Å². The van der Waals surface area contributed by atoms with Crippen molar-refractivity contribution >= 4 is 17.3 Å². The molecule has 4 nitrogen and oxygen atoms in total. The first kappa shape index (κ1) is 14.7. The molecular weight excluding hydrogens is 285 g/mol. The lowest BCUT2D eigenvalue weighted by atomic mass is 10.2. The number of amides is 1. The van der Waals surface area contributed by atoms with E-state index in [9.17, 15) is 18.0 Å². The van der Waals surface area contributed by atoms with E-state index in [0.717, 1.165) is 12.1 Å². The van der Waals surface area contributed by atoms with Crippen LogP contribution in [0.15, 0.2) is 48.5 Å². The lowest BCUT2D eigenvalue weighted by Gasteiger charge is -2.10. The van der Waals surface area contributed by atoms with Crippen LogP contribution in [-0.4, -0.2) is 12.3 Å². The molecule has 2 rings (SSSR count). The largest absolute Gasteiger partial charge is 0.573 e. The summed E-state index contributed by atoms with van der Waals surface area (Å²) in [6.07, 6.45) is -4.74. The van der Waals surface area contributed by atoms with Crippen LogP contribution in [0.5, 0.6) is 5.75 Å².